The van der Waals surface area contributed by atoms with Crippen molar-refractivity contribution in [2.24, 2.45) is 0 Å². The Morgan fingerprint density at radius 1 is 1.32 bits per heavy atom. The van der Waals surface area contributed by atoms with Gasteiger partial charge in [-0.2, -0.15) is 10.1 Å². The highest BCUT2D eigenvalue weighted by Gasteiger charge is 2.20. The monoisotopic (exact) mass is 317 g/mol. The van der Waals surface area contributed by atoms with Crippen molar-refractivity contribution >= 4 is 11.6 Å². The molecule has 1 N–H and O–H groups in total. The number of halogens is 1. The molecule has 2 heterocycles. The van der Waals surface area contributed by atoms with E-state index in [1.165, 1.54) is 6.39 Å². The summed E-state index contributed by atoms with van der Waals surface area (Å²) in [6, 6.07) is 9.52. The Hall–Kier alpha value is -2.18. The third-order valence-corrected chi connectivity index (χ3v) is 3.56. The average molecular weight is 318 g/mol. The molecule has 0 fully saturated rings. The molecule has 7 heteroatoms. The van der Waals surface area contributed by atoms with Crippen molar-refractivity contribution in [3.05, 3.63) is 65.5 Å². The van der Waals surface area contributed by atoms with Gasteiger partial charge in [-0.15, -0.1) is 0 Å². The quantitative estimate of drug-likeness (QED) is 0.757. The highest BCUT2D eigenvalue weighted by Crippen LogP contribution is 2.21. The van der Waals surface area contributed by atoms with Gasteiger partial charge < -0.3 is 4.52 Å². The Balaban J connectivity index is 1.78. The third-order valence-electron chi connectivity index (χ3n) is 3.31. The maximum absolute atomic E-state index is 5.96. The van der Waals surface area contributed by atoms with E-state index in [2.05, 4.69) is 27.5 Å². The zero-order valence-corrected chi connectivity index (χ0v) is 12.8. The molecule has 6 nitrogen and oxygen atoms in total. The second-order valence-corrected chi connectivity index (χ2v) is 5.51. The smallest absolute Gasteiger partial charge is 0.213 e. The van der Waals surface area contributed by atoms with Crippen LogP contribution in [-0.2, 0) is 6.54 Å². The van der Waals surface area contributed by atoms with Crippen LogP contribution in [0.15, 0.2) is 53.6 Å². The van der Waals surface area contributed by atoms with Crippen molar-refractivity contribution in [2.45, 2.75) is 25.6 Å². The van der Waals surface area contributed by atoms with E-state index in [4.69, 9.17) is 16.1 Å². The molecule has 0 amide bonds. The molecule has 0 aliphatic carbocycles. The van der Waals surface area contributed by atoms with Gasteiger partial charge in [0.15, 0.2) is 5.82 Å². The topological polar surface area (TPSA) is 68.8 Å². The van der Waals surface area contributed by atoms with Gasteiger partial charge in [0.2, 0.25) is 6.39 Å². The van der Waals surface area contributed by atoms with Crippen LogP contribution in [0.25, 0.3) is 0 Å². The summed E-state index contributed by atoms with van der Waals surface area (Å²) < 4.78 is 6.77. The normalized spacial score (nSPS) is 13.9. The first kappa shape index (κ1) is 14.7. The fourth-order valence-electron chi connectivity index (χ4n) is 2.31. The summed E-state index contributed by atoms with van der Waals surface area (Å²) in [5.41, 5.74) is 1.03. The standard InChI is InChI=1S/C15H16ClN5O/c1-11(9-21-8-2-7-18-21)19-14(15-17-10-22-20-15)12-3-5-13(16)6-4-12/h2-8,10-11,14,19H,9H2,1H3/t11-,14+/m1/s1. The van der Waals surface area contributed by atoms with Crippen LogP contribution in [0.2, 0.25) is 5.02 Å². The molecule has 1 aromatic carbocycles. The first-order valence-electron chi connectivity index (χ1n) is 6.97. The largest absolute Gasteiger partial charge is 0.343 e. The van der Waals surface area contributed by atoms with Crippen LogP contribution in [0, 0.1) is 0 Å². The summed E-state index contributed by atoms with van der Waals surface area (Å²) in [6.07, 6.45) is 5.03. The SMILES string of the molecule is C[C@H](Cn1cccn1)N[C@@H](c1ccc(Cl)cc1)c1ncon1. The number of hydrogen-bond donors (Lipinski definition) is 1. The molecular formula is C15H16ClN5O. The average Bonchev–Trinajstić information content (AvgIpc) is 3.19. The molecule has 0 unspecified atom stereocenters. The molecule has 114 valence electrons. The van der Waals surface area contributed by atoms with Gasteiger partial charge in [0.1, 0.15) is 0 Å². The summed E-state index contributed by atoms with van der Waals surface area (Å²) in [5, 5.41) is 12.4. The Labute approximate surface area is 133 Å². The van der Waals surface area contributed by atoms with E-state index in [9.17, 15) is 0 Å². The van der Waals surface area contributed by atoms with Gasteiger partial charge in [-0.25, -0.2) is 0 Å². The summed E-state index contributed by atoms with van der Waals surface area (Å²) >= 11 is 5.96. The van der Waals surface area contributed by atoms with E-state index in [0.29, 0.717) is 10.8 Å². The molecule has 0 aliphatic heterocycles. The van der Waals surface area contributed by atoms with Crippen molar-refractivity contribution < 1.29 is 4.52 Å². The summed E-state index contributed by atoms with van der Waals surface area (Å²) in [6.45, 7) is 2.83. The molecule has 0 bridgehead atoms. The predicted octanol–water partition coefficient (Wildman–Crippen LogP) is 2.69. The van der Waals surface area contributed by atoms with E-state index in [1.807, 2.05) is 41.2 Å². The molecule has 3 rings (SSSR count). The fourth-order valence-corrected chi connectivity index (χ4v) is 2.43. The van der Waals surface area contributed by atoms with Gasteiger partial charge in [0, 0.05) is 23.5 Å². The summed E-state index contributed by atoms with van der Waals surface area (Å²) in [5.74, 6) is 0.592. The zero-order valence-electron chi connectivity index (χ0n) is 12.1. The van der Waals surface area contributed by atoms with Crippen molar-refractivity contribution in [3.63, 3.8) is 0 Å². The minimum Gasteiger partial charge on any atom is -0.343 e. The van der Waals surface area contributed by atoms with Gasteiger partial charge in [-0.3, -0.25) is 10.00 Å². The van der Waals surface area contributed by atoms with Crippen LogP contribution >= 0.6 is 11.6 Å². The predicted molar refractivity (Wildman–Crippen MR) is 82.4 cm³/mol. The van der Waals surface area contributed by atoms with Crippen molar-refractivity contribution in [1.82, 2.24) is 25.2 Å². The Kier molecular flexibility index (Phi) is 4.50. The highest BCUT2D eigenvalue weighted by molar-refractivity contribution is 6.30. The van der Waals surface area contributed by atoms with Gasteiger partial charge in [-0.1, -0.05) is 28.9 Å². The van der Waals surface area contributed by atoms with Crippen LogP contribution in [0.3, 0.4) is 0 Å². The minimum absolute atomic E-state index is 0.165. The van der Waals surface area contributed by atoms with E-state index in [0.717, 1.165) is 12.1 Å². The fraction of sp³-hybridized carbons (Fsp3) is 0.267. The number of nitrogens with zero attached hydrogens (tertiary/aromatic N) is 4. The summed E-state index contributed by atoms with van der Waals surface area (Å²) in [4.78, 5) is 4.17. The van der Waals surface area contributed by atoms with E-state index >= 15 is 0 Å². The molecule has 22 heavy (non-hydrogen) atoms. The number of aromatic nitrogens is 4. The van der Waals surface area contributed by atoms with Crippen LogP contribution < -0.4 is 5.32 Å². The maximum Gasteiger partial charge on any atom is 0.213 e. The van der Waals surface area contributed by atoms with Crippen LogP contribution in [-0.4, -0.2) is 26.0 Å². The van der Waals surface area contributed by atoms with Crippen molar-refractivity contribution in [1.29, 1.82) is 0 Å². The van der Waals surface area contributed by atoms with Crippen LogP contribution in [0.1, 0.15) is 24.4 Å². The molecule has 0 saturated carbocycles. The first-order valence-corrected chi connectivity index (χ1v) is 7.35. The van der Waals surface area contributed by atoms with Crippen molar-refractivity contribution in [2.75, 3.05) is 0 Å². The molecule has 3 aromatic rings. The van der Waals surface area contributed by atoms with E-state index in [1.54, 1.807) is 6.20 Å². The van der Waals surface area contributed by atoms with Crippen LogP contribution in [0.4, 0.5) is 0 Å². The van der Waals surface area contributed by atoms with Gasteiger partial charge in [0.05, 0.1) is 12.6 Å². The second kappa shape index (κ2) is 6.72. The lowest BCUT2D eigenvalue weighted by atomic mass is 10.1. The lowest BCUT2D eigenvalue weighted by Gasteiger charge is -2.21. The van der Waals surface area contributed by atoms with Crippen LogP contribution in [0.5, 0.6) is 0 Å². The molecule has 0 aliphatic rings. The molecule has 2 aromatic heterocycles. The molecule has 0 spiro atoms. The Morgan fingerprint density at radius 2 is 2.14 bits per heavy atom. The maximum atomic E-state index is 5.96. The van der Waals surface area contributed by atoms with Gasteiger partial charge in [0.25, 0.3) is 0 Å². The summed E-state index contributed by atoms with van der Waals surface area (Å²) in [7, 11) is 0. The molecule has 2 atom stereocenters. The second-order valence-electron chi connectivity index (χ2n) is 5.07. The third kappa shape index (κ3) is 3.52. The number of nitrogens with one attached hydrogen (secondary N) is 1. The van der Waals surface area contributed by atoms with E-state index in [-0.39, 0.29) is 12.1 Å². The zero-order chi connectivity index (χ0) is 15.4. The highest BCUT2D eigenvalue weighted by atomic mass is 35.5. The van der Waals surface area contributed by atoms with Gasteiger partial charge >= 0.3 is 0 Å². The Morgan fingerprint density at radius 3 is 2.77 bits per heavy atom. The molecular weight excluding hydrogens is 302 g/mol. The Bertz CT molecular complexity index is 681. The lowest BCUT2D eigenvalue weighted by Crippen LogP contribution is -2.35. The van der Waals surface area contributed by atoms with E-state index < -0.39 is 0 Å². The first-order chi connectivity index (χ1) is 10.7. The number of benzene rings is 1. The lowest BCUT2D eigenvalue weighted by molar-refractivity contribution is 0.383. The molecule has 0 radical (unpaired) electrons. The minimum atomic E-state index is -0.165. The van der Waals surface area contributed by atoms with Gasteiger partial charge in [-0.05, 0) is 30.7 Å². The number of hydrogen-bond acceptors (Lipinski definition) is 5. The molecule has 0 saturated heterocycles. The van der Waals surface area contributed by atoms with Crippen molar-refractivity contribution in [3.8, 4) is 0 Å². The number of rotatable bonds is 6.